The number of carbonyl (C=O) groups is 4. The SMILES string of the molecule is C[C@@H](NC(=O)N1C(=O)[C@@]2(c3cc(C#CC4=CCCCC4)ccc31)[C@H](c1ccccc1OCCO)N1[C@H](c3ccccc3)[C@H](c3ccccc3)OC(=O)[C@H]1[C@@H]2C(=O)N1CCN(Cc2ccc3c(c2)OCO3)CC1)c1ccccc1. The highest BCUT2D eigenvalue weighted by Crippen LogP contribution is 2.67. The van der Waals surface area contributed by atoms with E-state index in [1.165, 1.54) is 4.90 Å². The van der Waals surface area contributed by atoms with E-state index in [1.54, 1.807) is 17.0 Å². The average molecular weight is 1040 g/mol. The molecule has 0 saturated carbocycles. The van der Waals surface area contributed by atoms with Crippen LogP contribution in [0.4, 0.5) is 10.5 Å². The number of aliphatic hydroxyl groups is 1. The molecular formula is C64H61N5O9. The third kappa shape index (κ3) is 9.15. The first-order valence-corrected chi connectivity index (χ1v) is 27.1. The molecule has 0 bridgehead atoms. The number of fused-ring (bicyclic) bond motifs is 4. The van der Waals surface area contributed by atoms with Crippen molar-refractivity contribution in [2.75, 3.05) is 51.1 Å². The second-order valence-corrected chi connectivity index (χ2v) is 20.8. The van der Waals surface area contributed by atoms with E-state index in [0.29, 0.717) is 59.1 Å². The van der Waals surface area contributed by atoms with Crippen LogP contribution in [-0.4, -0.2) is 95.8 Å². The van der Waals surface area contributed by atoms with Crippen molar-refractivity contribution in [3.05, 3.63) is 202 Å². The number of urea groups is 1. The van der Waals surface area contributed by atoms with Crippen molar-refractivity contribution in [1.82, 2.24) is 20.0 Å². The number of nitrogens with zero attached hydrogens (tertiary/aromatic N) is 4. The number of allylic oxidation sites excluding steroid dienone is 2. The maximum Gasteiger partial charge on any atom is 0.329 e. The standard InChI is InChI=1S/C64H61N5O9/c1-42(46-18-8-3-9-19-46)65-63(74)68-51-30-28-44(27-26-43-16-6-2-7-17-43)38-50(51)64(62(68)73)55(60(71)67-34-32-66(33-35-67)40-45-29-31-53-54(39-45)77-41-76-53)57-61(72)78-58(48-22-12-5-13-23-48)56(47-20-10-4-11-21-47)69(57)59(64)49-24-14-15-25-52(49)75-37-36-70/h3-5,8-16,18-25,28-31,38-39,42,55-59,70H,2,6-7,17,32-37,40-41H2,1H3,(H,65,74)/t42-,55-,56-,57-,58+,59+,64-/m1/s1. The molecule has 7 atom stereocenters. The number of hydrogen-bond donors (Lipinski definition) is 2. The maximum atomic E-state index is 17.1. The first kappa shape index (κ1) is 50.6. The van der Waals surface area contributed by atoms with Crippen LogP contribution in [0.1, 0.15) is 95.8 Å². The Labute approximate surface area is 454 Å². The topological polar surface area (TPSA) is 150 Å². The highest BCUT2D eigenvalue weighted by Gasteiger charge is 2.76. The number of esters is 1. The molecule has 0 aromatic heterocycles. The third-order valence-electron chi connectivity index (χ3n) is 16.3. The zero-order chi connectivity index (χ0) is 53.3. The van der Waals surface area contributed by atoms with E-state index in [1.807, 2.05) is 151 Å². The number of morpholine rings is 1. The van der Waals surface area contributed by atoms with Gasteiger partial charge in [-0.05, 0) is 102 Å². The summed E-state index contributed by atoms with van der Waals surface area (Å²) < 4.78 is 24.5. The van der Waals surface area contributed by atoms with E-state index >= 15 is 19.2 Å². The van der Waals surface area contributed by atoms with E-state index in [4.69, 9.17) is 18.9 Å². The smallest absolute Gasteiger partial charge is 0.329 e. The van der Waals surface area contributed by atoms with Gasteiger partial charge >= 0.3 is 12.0 Å². The minimum absolute atomic E-state index is 0.0815. The van der Waals surface area contributed by atoms with Gasteiger partial charge < -0.3 is 34.3 Å². The lowest BCUT2D eigenvalue weighted by atomic mass is 9.64. The minimum Gasteiger partial charge on any atom is -0.491 e. The van der Waals surface area contributed by atoms with Crippen LogP contribution in [0, 0.1) is 17.8 Å². The largest absolute Gasteiger partial charge is 0.491 e. The summed E-state index contributed by atoms with van der Waals surface area (Å²) in [5.74, 6) is 5.32. The molecule has 5 aliphatic heterocycles. The van der Waals surface area contributed by atoms with Crippen molar-refractivity contribution in [2.45, 2.75) is 74.8 Å². The van der Waals surface area contributed by atoms with Crippen LogP contribution in [0.25, 0.3) is 0 Å². The summed E-state index contributed by atoms with van der Waals surface area (Å²) in [6.07, 6.45) is 5.17. The molecule has 12 rings (SSSR count). The zero-order valence-electron chi connectivity index (χ0n) is 43.5. The molecule has 5 heterocycles. The normalized spacial score (nSPS) is 23.9. The highest BCUT2D eigenvalue weighted by atomic mass is 16.7. The summed E-state index contributed by atoms with van der Waals surface area (Å²) in [6.45, 7) is 3.80. The Kier molecular flexibility index (Phi) is 14.0. The Balaban J connectivity index is 1.07. The number of piperazine rings is 1. The molecule has 4 amide bonds. The van der Waals surface area contributed by atoms with Gasteiger partial charge in [-0.2, -0.15) is 0 Å². The lowest BCUT2D eigenvalue weighted by molar-refractivity contribution is -0.179. The van der Waals surface area contributed by atoms with Gasteiger partial charge in [0.15, 0.2) is 11.5 Å². The zero-order valence-corrected chi connectivity index (χ0v) is 43.5. The number of cyclic esters (lactones) is 1. The minimum atomic E-state index is -2.02. The number of anilines is 1. The molecule has 6 aromatic carbocycles. The molecular weight excluding hydrogens is 983 g/mol. The summed E-state index contributed by atoms with van der Waals surface area (Å²) in [5, 5.41) is 13.4. The van der Waals surface area contributed by atoms with E-state index < -0.39 is 65.4 Å². The van der Waals surface area contributed by atoms with Gasteiger partial charge in [0.2, 0.25) is 18.6 Å². The van der Waals surface area contributed by atoms with Crippen molar-refractivity contribution in [3.8, 4) is 29.1 Å². The fourth-order valence-corrected chi connectivity index (χ4v) is 12.7. The first-order chi connectivity index (χ1) is 38.2. The molecule has 2 N–H and O–H groups in total. The van der Waals surface area contributed by atoms with E-state index in [-0.39, 0.29) is 38.8 Å². The van der Waals surface area contributed by atoms with Crippen LogP contribution < -0.4 is 24.4 Å². The first-order valence-electron chi connectivity index (χ1n) is 27.1. The molecule has 1 spiro atoms. The number of para-hydroxylation sites is 1. The fourth-order valence-electron chi connectivity index (χ4n) is 12.7. The molecule has 3 fully saturated rings. The quantitative estimate of drug-likeness (QED) is 0.0945. The molecule has 14 heteroatoms. The van der Waals surface area contributed by atoms with Crippen molar-refractivity contribution in [1.29, 1.82) is 0 Å². The van der Waals surface area contributed by atoms with Gasteiger partial charge in [0, 0.05) is 43.9 Å². The van der Waals surface area contributed by atoms with E-state index in [0.717, 1.165) is 47.9 Å². The summed E-state index contributed by atoms with van der Waals surface area (Å²) in [6, 6.07) is 42.8. The number of rotatable bonds is 11. The van der Waals surface area contributed by atoms with Gasteiger partial charge in [0.25, 0.3) is 0 Å². The van der Waals surface area contributed by atoms with Gasteiger partial charge in [-0.1, -0.05) is 133 Å². The molecule has 1 aliphatic carbocycles. The third-order valence-corrected chi connectivity index (χ3v) is 16.3. The van der Waals surface area contributed by atoms with Crippen LogP contribution in [-0.2, 0) is 31.1 Å². The van der Waals surface area contributed by atoms with Gasteiger partial charge in [0.05, 0.1) is 36.3 Å². The van der Waals surface area contributed by atoms with Crippen molar-refractivity contribution in [3.63, 3.8) is 0 Å². The number of amides is 4. The van der Waals surface area contributed by atoms with E-state index in [2.05, 4.69) is 28.1 Å². The Bertz CT molecular complexity index is 3340. The van der Waals surface area contributed by atoms with Crippen LogP contribution in [0.5, 0.6) is 17.2 Å². The van der Waals surface area contributed by atoms with Crippen LogP contribution in [0.2, 0.25) is 0 Å². The summed E-state index contributed by atoms with van der Waals surface area (Å²) in [5.41, 5.74) is 4.08. The molecule has 14 nitrogen and oxygen atoms in total. The van der Waals surface area contributed by atoms with Crippen molar-refractivity contribution >= 4 is 29.5 Å². The number of ether oxygens (including phenoxy) is 4. The lowest BCUT2D eigenvalue weighted by Gasteiger charge is -2.46. The van der Waals surface area contributed by atoms with Gasteiger partial charge in [-0.25, -0.2) is 9.69 Å². The molecule has 6 aromatic rings. The predicted molar refractivity (Wildman–Crippen MR) is 292 cm³/mol. The number of benzene rings is 6. The van der Waals surface area contributed by atoms with Crippen LogP contribution >= 0.6 is 0 Å². The van der Waals surface area contributed by atoms with Gasteiger partial charge in [-0.15, -0.1) is 0 Å². The second-order valence-electron chi connectivity index (χ2n) is 20.8. The van der Waals surface area contributed by atoms with E-state index in [9.17, 15) is 5.11 Å². The number of carbonyl (C=O) groups excluding carboxylic acids is 4. The van der Waals surface area contributed by atoms with Crippen LogP contribution in [0.15, 0.2) is 163 Å². The van der Waals surface area contributed by atoms with Crippen molar-refractivity contribution < 1.29 is 43.2 Å². The van der Waals surface area contributed by atoms with Crippen molar-refractivity contribution in [2.24, 2.45) is 5.92 Å². The Morgan fingerprint density at radius 2 is 1.50 bits per heavy atom. The molecule has 0 unspecified atom stereocenters. The molecule has 396 valence electrons. The maximum absolute atomic E-state index is 17.1. The second kappa shape index (κ2) is 21.7. The molecule has 0 radical (unpaired) electrons. The molecule has 6 aliphatic rings. The average Bonchev–Trinajstić information content (AvgIpc) is 4.21. The highest BCUT2D eigenvalue weighted by molar-refractivity contribution is 6.24. The fraction of sp³-hybridized carbons (Fsp3) is 0.312. The Morgan fingerprint density at radius 3 is 2.24 bits per heavy atom. The van der Waals surface area contributed by atoms with Gasteiger partial charge in [-0.3, -0.25) is 24.2 Å². The Hall–Kier alpha value is -8.22. The number of nitrogens with one attached hydrogen (secondary N) is 1. The number of hydrogen-bond acceptors (Lipinski definition) is 11. The number of imide groups is 1. The summed E-state index contributed by atoms with van der Waals surface area (Å²) in [7, 11) is 0. The molecule has 78 heavy (non-hydrogen) atoms. The monoisotopic (exact) mass is 1040 g/mol. The predicted octanol–water partition coefficient (Wildman–Crippen LogP) is 9.12. The number of aliphatic hydroxyl groups excluding tert-OH is 1. The van der Waals surface area contributed by atoms with Gasteiger partial charge in [0.1, 0.15) is 29.9 Å². The summed E-state index contributed by atoms with van der Waals surface area (Å²) >= 11 is 0. The summed E-state index contributed by atoms with van der Waals surface area (Å²) in [4.78, 5) is 72.3. The lowest BCUT2D eigenvalue weighted by Crippen LogP contribution is -2.59. The molecule has 3 saturated heterocycles. The van der Waals surface area contributed by atoms with Crippen LogP contribution in [0.3, 0.4) is 0 Å². The Morgan fingerprint density at radius 1 is 0.782 bits per heavy atom.